The predicted octanol–water partition coefficient (Wildman–Crippen LogP) is 3.68. The van der Waals surface area contributed by atoms with Crippen molar-refractivity contribution in [1.82, 2.24) is 9.55 Å². The van der Waals surface area contributed by atoms with E-state index in [1.165, 1.54) is 6.07 Å². The van der Waals surface area contributed by atoms with E-state index in [2.05, 4.69) is 32.8 Å². The molecule has 94 valence electrons. The summed E-state index contributed by atoms with van der Waals surface area (Å²) in [6.45, 7) is 6.15. The molecule has 3 nitrogen and oxygen atoms in total. The topological polar surface area (TPSA) is 29.9 Å². The molecule has 0 aliphatic heterocycles. The Morgan fingerprint density at radius 2 is 2.33 bits per heavy atom. The number of aryl methyl sites for hydroxylation is 1. The summed E-state index contributed by atoms with van der Waals surface area (Å²) in [6.07, 6.45) is 3.60. The summed E-state index contributed by atoms with van der Waals surface area (Å²) in [5.41, 5.74) is 1.59. The van der Waals surface area contributed by atoms with Gasteiger partial charge >= 0.3 is 0 Å². The van der Waals surface area contributed by atoms with Crippen molar-refractivity contribution in [2.24, 2.45) is 0 Å². The lowest BCUT2D eigenvalue weighted by Crippen LogP contribution is -2.05. The Morgan fingerprint density at radius 1 is 1.56 bits per heavy atom. The summed E-state index contributed by atoms with van der Waals surface area (Å²) in [5, 5.41) is 3.12. The Balaban J connectivity index is 2.42. The van der Waals surface area contributed by atoms with Gasteiger partial charge in [0.2, 0.25) is 5.95 Å². The number of rotatable bonds is 4. The van der Waals surface area contributed by atoms with Crippen LogP contribution in [0.15, 0.2) is 41.5 Å². The van der Waals surface area contributed by atoms with Gasteiger partial charge in [-0.2, -0.15) is 0 Å². The normalized spacial score (nSPS) is 10.4. The molecule has 1 heterocycles. The molecule has 5 heteroatoms. The number of anilines is 1. The lowest BCUT2D eigenvalue weighted by molar-refractivity contribution is 0.620. The van der Waals surface area contributed by atoms with Crippen molar-refractivity contribution >= 4 is 21.9 Å². The van der Waals surface area contributed by atoms with Crippen molar-refractivity contribution in [3.05, 3.63) is 53.0 Å². The van der Waals surface area contributed by atoms with Gasteiger partial charge in [-0.25, -0.2) is 9.37 Å². The second-order valence-electron chi connectivity index (χ2n) is 3.84. The van der Waals surface area contributed by atoms with Gasteiger partial charge in [0.15, 0.2) is 0 Å². The molecule has 0 saturated heterocycles. The van der Waals surface area contributed by atoms with Gasteiger partial charge < -0.3 is 5.32 Å². The van der Waals surface area contributed by atoms with Crippen LogP contribution in [0.5, 0.6) is 0 Å². The van der Waals surface area contributed by atoms with E-state index < -0.39 is 0 Å². The van der Waals surface area contributed by atoms with Gasteiger partial charge in [-0.05, 0) is 41.1 Å². The standard InChI is InChI=1S/C13H13BrFN3/c1-3-6-16-13-17-9(2)8-18(13)10-4-5-11(14)12(15)7-10/h3-5,7-8H,1,6H2,2H3,(H,16,17). The Bertz CT molecular complexity index is 578. The molecule has 1 N–H and O–H groups in total. The molecule has 2 aromatic rings. The highest BCUT2D eigenvalue weighted by Gasteiger charge is 2.08. The third-order valence-electron chi connectivity index (χ3n) is 2.41. The van der Waals surface area contributed by atoms with Crippen LogP contribution in [-0.4, -0.2) is 16.1 Å². The second kappa shape index (κ2) is 5.35. The van der Waals surface area contributed by atoms with Crippen molar-refractivity contribution in [2.45, 2.75) is 6.92 Å². The molecule has 0 bridgehead atoms. The fourth-order valence-electron chi connectivity index (χ4n) is 1.62. The van der Waals surface area contributed by atoms with E-state index in [0.29, 0.717) is 17.0 Å². The Hall–Kier alpha value is -1.62. The van der Waals surface area contributed by atoms with Gasteiger partial charge in [0, 0.05) is 12.7 Å². The first-order chi connectivity index (χ1) is 8.61. The van der Waals surface area contributed by atoms with E-state index in [4.69, 9.17) is 0 Å². The summed E-state index contributed by atoms with van der Waals surface area (Å²) < 4.78 is 15.8. The lowest BCUT2D eigenvalue weighted by Gasteiger charge is -2.08. The van der Waals surface area contributed by atoms with Gasteiger partial charge in [-0.1, -0.05) is 6.08 Å². The van der Waals surface area contributed by atoms with Gasteiger partial charge in [-0.3, -0.25) is 4.57 Å². The number of nitrogens with one attached hydrogen (secondary N) is 1. The van der Waals surface area contributed by atoms with Crippen LogP contribution >= 0.6 is 15.9 Å². The first kappa shape index (κ1) is 12.8. The number of hydrogen-bond donors (Lipinski definition) is 1. The Morgan fingerprint density at radius 3 is 3.00 bits per heavy atom. The minimum atomic E-state index is -0.298. The largest absolute Gasteiger partial charge is 0.352 e. The first-order valence-corrected chi connectivity index (χ1v) is 6.27. The SMILES string of the molecule is C=CCNc1nc(C)cn1-c1ccc(Br)c(F)c1. The fourth-order valence-corrected chi connectivity index (χ4v) is 1.86. The summed E-state index contributed by atoms with van der Waals surface area (Å²) in [4.78, 5) is 4.35. The van der Waals surface area contributed by atoms with Crippen LogP contribution in [0, 0.1) is 12.7 Å². The molecule has 18 heavy (non-hydrogen) atoms. The van der Waals surface area contributed by atoms with E-state index in [1.54, 1.807) is 12.1 Å². The number of imidazole rings is 1. The third-order valence-corrected chi connectivity index (χ3v) is 3.06. The smallest absolute Gasteiger partial charge is 0.207 e. The molecule has 1 aromatic heterocycles. The first-order valence-electron chi connectivity index (χ1n) is 5.48. The zero-order valence-electron chi connectivity index (χ0n) is 9.95. The Kier molecular flexibility index (Phi) is 3.81. The summed E-state index contributed by atoms with van der Waals surface area (Å²) in [6, 6.07) is 4.97. The molecular weight excluding hydrogens is 297 g/mol. The van der Waals surface area contributed by atoms with Crippen molar-refractivity contribution in [2.75, 3.05) is 11.9 Å². The minimum absolute atomic E-state index is 0.298. The quantitative estimate of drug-likeness (QED) is 0.873. The molecular formula is C13H13BrFN3. The van der Waals surface area contributed by atoms with E-state index in [-0.39, 0.29) is 5.82 Å². The van der Waals surface area contributed by atoms with Gasteiger partial charge in [-0.15, -0.1) is 6.58 Å². The zero-order chi connectivity index (χ0) is 13.1. The molecule has 1 aromatic carbocycles. The van der Waals surface area contributed by atoms with Crippen LogP contribution < -0.4 is 5.32 Å². The molecule has 0 amide bonds. The molecule has 0 atom stereocenters. The summed E-state index contributed by atoms with van der Waals surface area (Å²) >= 11 is 3.14. The molecule has 0 unspecified atom stereocenters. The van der Waals surface area contributed by atoms with Gasteiger partial charge in [0.1, 0.15) is 5.82 Å². The number of aromatic nitrogens is 2. The van der Waals surface area contributed by atoms with Gasteiger partial charge in [0.05, 0.1) is 15.9 Å². The molecule has 0 spiro atoms. The van der Waals surface area contributed by atoms with Crippen LogP contribution in [0.25, 0.3) is 5.69 Å². The van der Waals surface area contributed by atoms with Crippen molar-refractivity contribution in [1.29, 1.82) is 0 Å². The van der Waals surface area contributed by atoms with E-state index in [0.717, 1.165) is 11.4 Å². The van der Waals surface area contributed by atoms with E-state index in [9.17, 15) is 4.39 Å². The van der Waals surface area contributed by atoms with Crippen LogP contribution in [0.3, 0.4) is 0 Å². The van der Waals surface area contributed by atoms with Crippen molar-refractivity contribution in [3.8, 4) is 5.69 Å². The molecule has 0 saturated carbocycles. The summed E-state index contributed by atoms with van der Waals surface area (Å²) in [5.74, 6) is 0.377. The van der Waals surface area contributed by atoms with E-state index >= 15 is 0 Å². The van der Waals surface area contributed by atoms with Crippen LogP contribution in [0.1, 0.15) is 5.69 Å². The average Bonchev–Trinajstić information content (AvgIpc) is 2.71. The monoisotopic (exact) mass is 309 g/mol. The second-order valence-corrected chi connectivity index (χ2v) is 4.70. The maximum atomic E-state index is 13.5. The minimum Gasteiger partial charge on any atom is -0.352 e. The molecule has 0 radical (unpaired) electrons. The molecule has 0 fully saturated rings. The zero-order valence-corrected chi connectivity index (χ0v) is 11.5. The maximum Gasteiger partial charge on any atom is 0.207 e. The predicted molar refractivity (Wildman–Crippen MR) is 74.6 cm³/mol. The van der Waals surface area contributed by atoms with Crippen LogP contribution in [0.2, 0.25) is 0 Å². The highest BCUT2D eigenvalue weighted by Crippen LogP contribution is 2.22. The number of nitrogens with zero attached hydrogens (tertiary/aromatic N) is 2. The third kappa shape index (κ3) is 2.61. The molecule has 0 aliphatic rings. The van der Waals surface area contributed by atoms with Crippen LogP contribution in [0.4, 0.5) is 10.3 Å². The van der Waals surface area contributed by atoms with Gasteiger partial charge in [0.25, 0.3) is 0 Å². The van der Waals surface area contributed by atoms with Crippen molar-refractivity contribution < 1.29 is 4.39 Å². The summed E-state index contributed by atoms with van der Waals surface area (Å²) in [7, 11) is 0. The highest BCUT2D eigenvalue weighted by atomic mass is 79.9. The Labute approximate surface area is 113 Å². The number of halogens is 2. The molecule has 2 rings (SSSR count). The van der Waals surface area contributed by atoms with Crippen LogP contribution in [-0.2, 0) is 0 Å². The number of benzene rings is 1. The lowest BCUT2D eigenvalue weighted by atomic mass is 10.3. The number of hydrogen-bond acceptors (Lipinski definition) is 2. The highest BCUT2D eigenvalue weighted by molar-refractivity contribution is 9.10. The van der Waals surface area contributed by atoms with Crippen molar-refractivity contribution in [3.63, 3.8) is 0 Å². The average molecular weight is 310 g/mol. The van der Waals surface area contributed by atoms with E-state index in [1.807, 2.05) is 23.8 Å². The fraction of sp³-hybridized carbons (Fsp3) is 0.154. The maximum absolute atomic E-state index is 13.5. The molecule has 0 aliphatic carbocycles.